The van der Waals surface area contributed by atoms with Crippen molar-refractivity contribution < 1.29 is 0 Å². The van der Waals surface area contributed by atoms with E-state index in [0.717, 1.165) is 30.7 Å². The van der Waals surface area contributed by atoms with Crippen LogP contribution < -0.4 is 11.3 Å². The first-order valence-corrected chi connectivity index (χ1v) is 5.70. The minimum Gasteiger partial charge on any atom is -0.271 e. The fourth-order valence-electron chi connectivity index (χ4n) is 1.86. The molecule has 0 aliphatic heterocycles. The molecule has 0 radical (unpaired) electrons. The number of hydrogen-bond donors (Lipinski definition) is 2. The Kier molecular flexibility index (Phi) is 5.15. The minimum absolute atomic E-state index is 0.188. The van der Waals surface area contributed by atoms with Gasteiger partial charge in [0.15, 0.2) is 0 Å². The number of hydrogen-bond acceptors (Lipinski definition) is 3. The van der Waals surface area contributed by atoms with Crippen LogP contribution in [0.15, 0.2) is 24.8 Å². The zero-order chi connectivity index (χ0) is 12.0. The third kappa shape index (κ3) is 3.43. The Bertz CT molecular complexity index is 347. The molecule has 88 valence electrons. The topological polar surface area (TPSA) is 50.9 Å². The molecule has 16 heavy (non-hydrogen) atoms. The molecule has 0 saturated carbocycles. The molecule has 0 aliphatic rings. The normalized spacial score (nSPS) is 12.4. The molecule has 0 aliphatic carbocycles. The average Bonchev–Trinajstić information content (AvgIpc) is 2.26. The standard InChI is InChI=1S/C13H21N3/c1-4-5-6-7-13(16-14)12-9-8-10(2)15-11(12)3/h4,8-9,13,16H,1,5-7,14H2,2-3H3. The third-order valence-electron chi connectivity index (χ3n) is 2.74. The van der Waals surface area contributed by atoms with E-state index in [0.29, 0.717) is 0 Å². The van der Waals surface area contributed by atoms with Crippen molar-refractivity contribution in [1.82, 2.24) is 10.4 Å². The number of pyridine rings is 1. The summed E-state index contributed by atoms with van der Waals surface area (Å²) in [5.74, 6) is 5.59. The van der Waals surface area contributed by atoms with Crippen LogP contribution in [-0.2, 0) is 0 Å². The van der Waals surface area contributed by atoms with Gasteiger partial charge in [-0.15, -0.1) is 6.58 Å². The summed E-state index contributed by atoms with van der Waals surface area (Å²) in [6.45, 7) is 7.75. The second-order valence-electron chi connectivity index (χ2n) is 4.07. The van der Waals surface area contributed by atoms with Crippen molar-refractivity contribution in [2.24, 2.45) is 5.84 Å². The number of rotatable bonds is 6. The van der Waals surface area contributed by atoms with E-state index in [-0.39, 0.29) is 6.04 Å². The van der Waals surface area contributed by atoms with Gasteiger partial charge < -0.3 is 0 Å². The van der Waals surface area contributed by atoms with Crippen molar-refractivity contribution >= 4 is 0 Å². The number of hydrazine groups is 1. The van der Waals surface area contributed by atoms with Crippen LogP contribution >= 0.6 is 0 Å². The van der Waals surface area contributed by atoms with Gasteiger partial charge in [-0.2, -0.15) is 0 Å². The fourth-order valence-corrected chi connectivity index (χ4v) is 1.86. The molecular weight excluding hydrogens is 198 g/mol. The van der Waals surface area contributed by atoms with Gasteiger partial charge >= 0.3 is 0 Å². The highest BCUT2D eigenvalue weighted by Gasteiger charge is 2.12. The largest absolute Gasteiger partial charge is 0.271 e. The molecule has 3 N–H and O–H groups in total. The molecule has 1 unspecified atom stereocenters. The second-order valence-corrected chi connectivity index (χ2v) is 4.07. The summed E-state index contributed by atoms with van der Waals surface area (Å²) in [6.07, 6.45) is 5.06. The Hall–Kier alpha value is -1.19. The molecule has 3 nitrogen and oxygen atoms in total. The SMILES string of the molecule is C=CCCCC(NN)c1ccc(C)nc1C. The van der Waals surface area contributed by atoms with Crippen molar-refractivity contribution in [3.05, 3.63) is 41.7 Å². The highest BCUT2D eigenvalue weighted by atomic mass is 15.2. The molecule has 0 aromatic carbocycles. The summed E-state index contributed by atoms with van der Waals surface area (Å²) in [7, 11) is 0. The first-order valence-electron chi connectivity index (χ1n) is 5.70. The number of unbranched alkanes of at least 4 members (excludes halogenated alkanes) is 1. The predicted octanol–water partition coefficient (Wildman–Crippen LogP) is 2.56. The maximum absolute atomic E-state index is 5.59. The fraction of sp³-hybridized carbons (Fsp3) is 0.462. The number of nitrogens with two attached hydrogens (primary N) is 1. The molecule has 0 bridgehead atoms. The van der Waals surface area contributed by atoms with E-state index in [1.807, 2.05) is 26.0 Å². The van der Waals surface area contributed by atoms with E-state index in [1.165, 1.54) is 5.56 Å². The maximum Gasteiger partial charge on any atom is 0.0478 e. The van der Waals surface area contributed by atoms with Gasteiger partial charge in [-0.05, 0) is 44.7 Å². The summed E-state index contributed by atoms with van der Waals surface area (Å²) in [4.78, 5) is 4.45. The number of aromatic nitrogens is 1. The number of aryl methyl sites for hydroxylation is 2. The lowest BCUT2D eigenvalue weighted by Crippen LogP contribution is -2.28. The van der Waals surface area contributed by atoms with Crippen molar-refractivity contribution in [1.29, 1.82) is 0 Å². The van der Waals surface area contributed by atoms with E-state index in [9.17, 15) is 0 Å². The Morgan fingerprint density at radius 2 is 2.25 bits per heavy atom. The van der Waals surface area contributed by atoms with Gasteiger partial charge in [0.25, 0.3) is 0 Å². The summed E-state index contributed by atoms with van der Waals surface area (Å²) in [6, 6.07) is 4.32. The summed E-state index contributed by atoms with van der Waals surface area (Å²) in [5.41, 5.74) is 6.16. The molecule has 1 rings (SSSR count). The second kappa shape index (κ2) is 6.40. The Morgan fingerprint density at radius 3 is 2.81 bits per heavy atom. The molecule has 1 aromatic heterocycles. The first kappa shape index (κ1) is 12.9. The third-order valence-corrected chi connectivity index (χ3v) is 2.74. The zero-order valence-corrected chi connectivity index (χ0v) is 10.2. The van der Waals surface area contributed by atoms with Crippen LogP contribution in [0.3, 0.4) is 0 Å². The lowest BCUT2D eigenvalue weighted by molar-refractivity contribution is 0.497. The van der Waals surface area contributed by atoms with Gasteiger partial charge in [0.1, 0.15) is 0 Å². The van der Waals surface area contributed by atoms with Crippen molar-refractivity contribution in [2.75, 3.05) is 0 Å². The quantitative estimate of drug-likeness (QED) is 0.334. The summed E-state index contributed by atoms with van der Waals surface area (Å²) < 4.78 is 0. The van der Waals surface area contributed by atoms with Gasteiger partial charge in [0.2, 0.25) is 0 Å². The molecule has 0 fully saturated rings. The van der Waals surface area contributed by atoms with Crippen molar-refractivity contribution in [3.8, 4) is 0 Å². The molecule has 0 spiro atoms. The van der Waals surface area contributed by atoms with E-state index in [2.05, 4.69) is 23.1 Å². The Labute approximate surface area is 97.7 Å². The Morgan fingerprint density at radius 1 is 1.50 bits per heavy atom. The van der Waals surface area contributed by atoms with Crippen LogP contribution in [0.25, 0.3) is 0 Å². The highest BCUT2D eigenvalue weighted by molar-refractivity contribution is 5.24. The number of allylic oxidation sites excluding steroid dienone is 1. The van der Waals surface area contributed by atoms with Crippen LogP contribution in [0.5, 0.6) is 0 Å². The molecule has 0 saturated heterocycles. The maximum atomic E-state index is 5.59. The zero-order valence-electron chi connectivity index (χ0n) is 10.2. The minimum atomic E-state index is 0.188. The van der Waals surface area contributed by atoms with Crippen LogP contribution in [0.4, 0.5) is 0 Å². The van der Waals surface area contributed by atoms with Crippen LogP contribution in [-0.4, -0.2) is 4.98 Å². The van der Waals surface area contributed by atoms with Crippen LogP contribution in [0.1, 0.15) is 42.3 Å². The number of nitrogens with zero attached hydrogens (tertiary/aromatic N) is 1. The number of nitrogens with one attached hydrogen (secondary N) is 1. The molecule has 1 heterocycles. The van der Waals surface area contributed by atoms with Crippen molar-refractivity contribution in [3.63, 3.8) is 0 Å². The average molecular weight is 219 g/mol. The first-order chi connectivity index (χ1) is 7.69. The predicted molar refractivity (Wildman–Crippen MR) is 67.8 cm³/mol. The van der Waals surface area contributed by atoms with Gasteiger partial charge in [-0.25, -0.2) is 0 Å². The van der Waals surface area contributed by atoms with Crippen LogP contribution in [0, 0.1) is 13.8 Å². The molecule has 3 heteroatoms. The lowest BCUT2D eigenvalue weighted by atomic mass is 10.00. The summed E-state index contributed by atoms with van der Waals surface area (Å²) >= 11 is 0. The Balaban J connectivity index is 2.74. The smallest absolute Gasteiger partial charge is 0.0478 e. The van der Waals surface area contributed by atoms with Gasteiger partial charge in [0.05, 0.1) is 0 Å². The van der Waals surface area contributed by atoms with Crippen molar-refractivity contribution in [2.45, 2.75) is 39.2 Å². The van der Waals surface area contributed by atoms with Gasteiger partial charge in [-0.1, -0.05) is 12.1 Å². The van der Waals surface area contributed by atoms with Gasteiger partial charge in [0, 0.05) is 17.4 Å². The highest BCUT2D eigenvalue weighted by Crippen LogP contribution is 2.21. The molecule has 1 aromatic rings. The van der Waals surface area contributed by atoms with E-state index in [4.69, 9.17) is 5.84 Å². The molecule has 0 amide bonds. The van der Waals surface area contributed by atoms with E-state index in [1.54, 1.807) is 0 Å². The summed E-state index contributed by atoms with van der Waals surface area (Å²) in [5, 5.41) is 0. The monoisotopic (exact) mass is 219 g/mol. The van der Waals surface area contributed by atoms with E-state index < -0.39 is 0 Å². The van der Waals surface area contributed by atoms with Crippen LogP contribution in [0.2, 0.25) is 0 Å². The van der Waals surface area contributed by atoms with E-state index >= 15 is 0 Å². The molecular formula is C13H21N3. The molecule has 1 atom stereocenters. The van der Waals surface area contributed by atoms with Gasteiger partial charge in [-0.3, -0.25) is 16.3 Å². The lowest BCUT2D eigenvalue weighted by Gasteiger charge is -2.17.